The Hall–Kier alpha value is -2.32. The lowest BCUT2D eigenvalue weighted by Gasteiger charge is -2.37. The van der Waals surface area contributed by atoms with Gasteiger partial charge in [0.05, 0.1) is 6.33 Å². The van der Waals surface area contributed by atoms with Gasteiger partial charge in [-0.05, 0) is 12.8 Å². The highest BCUT2D eigenvalue weighted by Gasteiger charge is 2.38. The maximum atomic E-state index is 13.3. The second-order valence-electron chi connectivity index (χ2n) is 7.17. The molecule has 0 spiro atoms. The van der Waals surface area contributed by atoms with E-state index in [1.165, 1.54) is 6.33 Å². The minimum atomic E-state index is -2.62. The van der Waals surface area contributed by atoms with Crippen molar-refractivity contribution in [3.63, 3.8) is 0 Å². The number of halogens is 2. The molecule has 0 radical (unpaired) electrons. The number of rotatable bonds is 2. The first-order chi connectivity index (χ1) is 12.4. The van der Waals surface area contributed by atoms with Crippen molar-refractivity contribution in [2.24, 2.45) is 13.0 Å². The van der Waals surface area contributed by atoms with E-state index in [0.29, 0.717) is 25.9 Å². The zero-order valence-electron chi connectivity index (χ0n) is 14.7. The smallest absolute Gasteiger partial charge is 0.251 e. The topological polar surface area (TPSA) is 67.2 Å². The minimum Gasteiger partial charge on any atom is -0.355 e. The predicted octanol–water partition coefficient (Wildman–Crippen LogP) is 1.84. The molecule has 0 bridgehead atoms. The monoisotopic (exact) mass is 364 g/mol. The predicted molar refractivity (Wildman–Crippen MR) is 92.0 cm³/mol. The molecule has 26 heavy (non-hydrogen) atoms. The van der Waals surface area contributed by atoms with Crippen LogP contribution in [0.25, 0.3) is 11.2 Å². The number of amides is 1. The first kappa shape index (κ1) is 17.1. The van der Waals surface area contributed by atoms with Crippen LogP contribution >= 0.6 is 0 Å². The molecule has 2 saturated heterocycles. The molecule has 0 N–H and O–H groups in total. The third-order valence-electron chi connectivity index (χ3n) is 5.43. The molecule has 0 aromatic carbocycles. The van der Waals surface area contributed by atoms with Crippen LogP contribution < -0.4 is 4.90 Å². The molecule has 2 aliphatic heterocycles. The first-order valence-electron chi connectivity index (χ1n) is 8.98. The van der Waals surface area contributed by atoms with Crippen LogP contribution in [0.1, 0.15) is 25.7 Å². The Morgan fingerprint density at radius 2 is 1.81 bits per heavy atom. The third-order valence-corrected chi connectivity index (χ3v) is 5.43. The lowest BCUT2D eigenvalue weighted by Crippen LogP contribution is -2.47. The highest BCUT2D eigenvalue weighted by molar-refractivity contribution is 5.84. The summed E-state index contributed by atoms with van der Waals surface area (Å²) in [6.07, 6.45) is 4.19. The van der Waals surface area contributed by atoms with Gasteiger partial charge < -0.3 is 14.4 Å². The summed E-state index contributed by atoms with van der Waals surface area (Å²) in [5.41, 5.74) is 1.54. The number of aromatic nitrogens is 4. The molecule has 2 aromatic heterocycles. The molecule has 2 fully saturated rings. The Morgan fingerprint density at radius 3 is 2.50 bits per heavy atom. The summed E-state index contributed by atoms with van der Waals surface area (Å²) < 4.78 is 28.4. The number of alkyl halides is 2. The number of carbonyl (C=O) groups is 1. The van der Waals surface area contributed by atoms with Gasteiger partial charge >= 0.3 is 0 Å². The fraction of sp³-hybridized carbons (Fsp3) is 0.647. The van der Waals surface area contributed by atoms with Crippen molar-refractivity contribution in [2.45, 2.75) is 31.6 Å². The molecule has 9 heteroatoms. The molecule has 2 aromatic rings. The van der Waals surface area contributed by atoms with Crippen LogP contribution in [0, 0.1) is 5.92 Å². The maximum absolute atomic E-state index is 13.3. The average molecular weight is 364 g/mol. The van der Waals surface area contributed by atoms with Gasteiger partial charge in [0.15, 0.2) is 17.0 Å². The molecule has 2 aliphatic rings. The van der Waals surface area contributed by atoms with Crippen LogP contribution in [-0.4, -0.2) is 62.4 Å². The summed E-state index contributed by atoms with van der Waals surface area (Å²) in [6.45, 7) is 1.71. The van der Waals surface area contributed by atoms with E-state index in [0.717, 1.165) is 17.0 Å². The number of hydrogen-bond acceptors (Lipinski definition) is 5. The van der Waals surface area contributed by atoms with Gasteiger partial charge in [-0.15, -0.1) is 0 Å². The molecule has 0 aliphatic carbocycles. The van der Waals surface area contributed by atoms with Gasteiger partial charge in [-0.1, -0.05) is 0 Å². The number of likely N-dealkylation sites (tertiary alicyclic amines) is 1. The molecular weight excluding hydrogens is 342 g/mol. The van der Waals surface area contributed by atoms with Crippen LogP contribution in [0.3, 0.4) is 0 Å². The first-order valence-corrected chi connectivity index (χ1v) is 8.98. The lowest BCUT2D eigenvalue weighted by atomic mass is 9.94. The Kier molecular flexibility index (Phi) is 4.24. The van der Waals surface area contributed by atoms with Gasteiger partial charge in [0, 0.05) is 52.0 Å². The SMILES string of the molecule is Cn1cnc2c(N3CCC(C(=O)N4CCC(F)(F)CC4)CC3)ncnc21. The summed E-state index contributed by atoms with van der Waals surface area (Å²) in [5, 5.41) is 0. The molecule has 4 heterocycles. The maximum Gasteiger partial charge on any atom is 0.251 e. The van der Waals surface area contributed by atoms with Crippen molar-refractivity contribution in [1.29, 1.82) is 0 Å². The van der Waals surface area contributed by atoms with Gasteiger partial charge in [-0.25, -0.2) is 23.7 Å². The van der Waals surface area contributed by atoms with Crippen LogP contribution in [0.2, 0.25) is 0 Å². The summed E-state index contributed by atoms with van der Waals surface area (Å²) in [5.74, 6) is -1.91. The van der Waals surface area contributed by atoms with Crippen molar-refractivity contribution in [3.8, 4) is 0 Å². The summed E-state index contributed by atoms with van der Waals surface area (Å²) in [7, 11) is 1.89. The molecule has 1 amide bonds. The standard InChI is InChI=1S/C17H22F2N6O/c1-23-11-22-13-14(23)20-10-21-15(13)24-6-2-12(3-7-24)16(26)25-8-4-17(18,19)5-9-25/h10-12H,2-9H2,1H3. The van der Waals surface area contributed by atoms with Gasteiger partial charge in [-0.3, -0.25) is 4.79 Å². The minimum absolute atomic E-state index is 0.0193. The van der Waals surface area contributed by atoms with E-state index in [2.05, 4.69) is 19.9 Å². The highest BCUT2D eigenvalue weighted by Crippen LogP contribution is 2.31. The highest BCUT2D eigenvalue weighted by atomic mass is 19.3. The number of piperidine rings is 2. The number of imidazole rings is 1. The molecule has 0 unspecified atom stereocenters. The van der Waals surface area contributed by atoms with Gasteiger partial charge in [0.2, 0.25) is 5.91 Å². The summed E-state index contributed by atoms with van der Waals surface area (Å²) in [6, 6.07) is 0. The number of carbonyl (C=O) groups excluding carboxylic acids is 1. The molecule has 0 saturated carbocycles. The van der Waals surface area contributed by atoms with Crippen LogP contribution in [0.5, 0.6) is 0 Å². The van der Waals surface area contributed by atoms with Crippen molar-refractivity contribution in [3.05, 3.63) is 12.7 Å². The van der Waals surface area contributed by atoms with E-state index < -0.39 is 5.92 Å². The Labute approximate surface area is 150 Å². The number of anilines is 1. The van der Waals surface area contributed by atoms with E-state index in [1.54, 1.807) is 11.2 Å². The van der Waals surface area contributed by atoms with Crippen molar-refractivity contribution in [1.82, 2.24) is 24.4 Å². The number of hydrogen-bond donors (Lipinski definition) is 0. The molecule has 4 rings (SSSR count). The van der Waals surface area contributed by atoms with E-state index in [1.807, 2.05) is 11.6 Å². The molecule has 0 atom stereocenters. The van der Waals surface area contributed by atoms with Crippen LogP contribution in [0.15, 0.2) is 12.7 Å². The lowest BCUT2D eigenvalue weighted by molar-refractivity contribution is -0.142. The molecule has 140 valence electrons. The summed E-state index contributed by atoms with van der Waals surface area (Å²) >= 11 is 0. The van der Waals surface area contributed by atoms with E-state index in [4.69, 9.17) is 0 Å². The van der Waals surface area contributed by atoms with Crippen molar-refractivity contribution < 1.29 is 13.6 Å². The van der Waals surface area contributed by atoms with Gasteiger partial charge in [0.1, 0.15) is 6.33 Å². The van der Waals surface area contributed by atoms with Crippen molar-refractivity contribution >= 4 is 22.9 Å². The number of aryl methyl sites for hydroxylation is 1. The average Bonchev–Trinajstić information content (AvgIpc) is 3.03. The number of nitrogens with zero attached hydrogens (tertiary/aromatic N) is 6. The number of fused-ring (bicyclic) bond motifs is 1. The third kappa shape index (κ3) is 3.10. The van der Waals surface area contributed by atoms with Crippen LogP contribution in [0.4, 0.5) is 14.6 Å². The van der Waals surface area contributed by atoms with E-state index >= 15 is 0 Å². The fourth-order valence-corrected chi connectivity index (χ4v) is 3.82. The zero-order valence-corrected chi connectivity index (χ0v) is 14.7. The molecule has 7 nitrogen and oxygen atoms in total. The Morgan fingerprint density at radius 1 is 1.12 bits per heavy atom. The Bertz CT molecular complexity index is 805. The summed E-state index contributed by atoms with van der Waals surface area (Å²) in [4.78, 5) is 29.4. The van der Waals surface area contributed by atoms with Crippen molar-refractivity contribution in [2.75, 3.05) is 31.1 Å². The molecular formula is C17H22F2N6O. The second-order valence-corrected chi connectivity index (χ2v) is 7.17. The fourth-order valence-electron chi connectivity index (χ4n) is 3.82. The zero-order chi connectivity index (χ0) is 18.3. The van der Waals surface area contributed by atoms with Gasteiger partial charge in [0.25, 0.3) is 5.92 Å². The Balaban J connectivity index is 1.40. The second kappa shape index (κ2) is 6.44. The largest absolute Gasteiger partial charge is 0.355 e. The van der Waals surface area contributed by atoms with Crippen LogP contribution in [-0.2, 0) is 11.8 Å². The normalized spacial score (nSPS) is 21.3. The van der Waals surface area contributed by atoms with E-state index in [-0.39, 0.29) is 37.8 Å². The van der Waals surface area contributed by atoms with Gasteiger partial charge in [-0.2, -0.15) is 0 Å². The quantitative estimate of drug-likeness (QED) is 0.813. The van der Waals surface area contributed by atoms with E-state index in [9.17, 15) is 13.6 Å².